The van der Waals surface area contributed by atoms with Gasteiger partial charge in [0.05, 0.1) is 13.7 Å². The van der Waals surface area contributed by atoms with E-state index >= 15 is 0 Å². The first-order valence-corrected chi connectivity index (χ1v) is 6.33. The Balaban J connectivity index is 2.23. The van der Waals surface area contributed by atoms with Gasteiger partial charge in [-0.15, -0.1) is 0 Å². The summed E-state index contributed by atoms with van der Waals surface area (Å²) in [6, 6.07) is 0. The van der Waals surface area contributed by atoms with E-state index in [-0.39, 0.29) is 5.97 Å². The molecule has 0 spiro atoms. The summed E-state index contributed by atoms with van der Waals surface area (Å²) in [6.45, 7) is 4.36. The minimum absolute atomic E-state index is 0.152. The van der Waals surface area contributed by atoms with Gasteiger partial charge in [-0.3, -0.25) is 4.79 Å². The molecule has 0 N–H and O–H groups in total. The monoisotopic (exact) mass is 255 g/mol. The number of nitrogens with zero attached hydrogens (tertiary/aromatic N) is 1. The fourth-order valence-corrected chi connectivity index (χ4v) is 1.63. The normalized spacial score (nSPS) is 10.4. The number of rotatable bonds is 8. The van der Waals surface area contributed by atoms with E-state index in [0.29, 0.717) is 24.9 Å². The molecule has 1 aromatic rings. The number of carbonyl (C=O) groups excluding carboxylic acids is 1. The average molecular weight is 255 g/mol. The van der Waals surface area contributed by atoms with Gasteiger partial charge in [0.25, 0.3) is 0 Å². The van der Waals surface area contributed by atoms with E-state index < -0.39 is 0 Å². The second kappa shape index (κ2) is 7.74. The summed E-state index contributed by atoms with van der Waals surface area (Å²) < 4.78 is 15.4. The number of aryl methyl sites for hydroxylation is 2. The van der Waals surface area contributed by atoms with E-state index in [4.69, 9.17) is 9.15 Å². The van der Waals surface area contributed by atoms with Crippen LogP contribution in [-0.2, 0) is 16.0 Å². The average Bonchev–Trinajstić information content (AvgIpc) is 2.70. The first-order chi connectivity index (χ1) is 8.67. The summed E-state index contributed by atoms with van der Waals surface area (Å²) in [6.07, 6.45) is 3.99. The van der Waals surface area contributed by atoms with Crippen molar-refractivity contribution in [3.8, 4) is 5.95 Å². The lowest BCUT2D eigenvalue weighted by Crippen LogP contribution is -1.99. The molecule has 0 fully saturated rings. The first-order valence-electron chi connectivity index (χ1n) is 6.33. The van der Waals surface area contributed by atoms with Crippen molar-refractivity contribution >= 4 is 5.97 Å². The molecule has 0 amide bonds. The Morgan fingerprint density at radius 1 is 1.33 bits per heavy atom. The van der Waals surface area contributed by atoms with Crippen molar-refractivity contribution in [3.63, 3.8) is 0 Å². The molecule has 0 aromatic carbocycles. The number of carbonyl (C=O) groups is 1. The number of methoxy groups -OCH3 is 1. The Morgan fingerprint density at radius 2 is 2.11 bits per heavy atom. The molecule has 18 heavy (non-hydrogen) atoms. The van der Waals surface area contributed by atoms with Crippen molar-refractivity contribution in [3.05, 3.63) is 11.6 Å². The van der Waals surface area contributed by atoms with E-state index in [2.05, 4.69) is 9.72 Å². The molecular weight excluding hydrogens is 234 g/mol. The van der Waals surface area contributed by atoms with Gasteiger partial charge in [0.1, 0.15) is 5.69 Å². The number of esters is 1. The third-order valence-electron chi connectivity index (χ3n) is 2.57. The van der Waals surface area contributed by atoms with Crippen molar-refractivity contribution < 1.29 is 18.7 Å². The molecule has 0 radical (unpaired) electrons. The number of hydrogen-bond donors (Lipinski definition) is 0. The number of hydrogen-bond acceptors (Lipinski definition) is 5. The predicted molar refractivity (Wildman–Crippen MR) is 66.6 cm³/mol. The minimum Gasteiger partial charge on any atom is -0.469 e. The minimum atomic E-state index is -0.152. The second-order valence-electron chi connectivity index (χ2n) is 4.05. The van der Waals surface area contributed by atoms with Crippen LogP contribution in [0.2, 0.25) is 0 Å². The number of oxazole rings is 1. The number of ether oxygens (including phenoxy) is 2. The Morgan fingerprint density at radius 3 is 2.78 bits per heavy atom. The number of aromatic nitrogens is 1. The highest BCUT2D eigenvalue weighted by molar-refractivity contribution is 5.68. The molecule has 102 valence electrons. The zero-order chi connectivity index (χ0) is 13.4. The van der Waals surface area contributed by atoms with Crippen molar-refractivity contribution in [2.45, 2.75) is 46.0 Å². The van der Waals surface area contributed by atoms with Crippen molar-refractivity contribution in [2.24, 2.45) is 0 Å². The van der Waals surface area contributed by atoms with Crippen LogP contribution in [0.15, 0.2) is 4.42 Å². The maximum atomic E-state index is 10.9. The zero-order valence-electron chi connectivity index (χ0n) is 11.3. The predicted octanol–water partition coefficient (Wildman–Crippen LogP) is 2.66. The maximum absolute atomic E-state index is 10.9. The van der Waals surface area contributed by atoms with Crippen LogP contribution in [0.4, 0.5) is 0 Å². The van der Waals surface area contributed by atoms with Gasteiger partial charge in [-0.25, -0.2) is 4.98 Å². The molecule has 1 rings (SSSR count). The zero-order valence-corrected chi connectivity index (χ0v) is 11.3. The Hall–Kier alpha value is -1.52. The van der Waals surface area contributed by atoms with Gasteiger partial charge in [-0.05, 0) is 26.7 Å². The van der Waals surface area contributed by atoms with Crippen LogP contribution in [0.25, 0.3) is 0 Å². The SMILES string of the molecule is CCOc1oc(CCCCCC(=O)OC)nc1C. The third-order valence-corrected chi connectivity index (χ3v) is 2.57. The van der Waals surface area contributed by atoms with Gasteiger partial charge in [-0.2, -0.15) is 0 Å². The lowest BCUT2D eigenvalue weighted by molar-refractivity contribution is -0.140. The van der Waals surface area contributed by atoms with Gasteiger partial charge in [0.2, 0.25) is 0 Å². The van der Waals surface area contributed by atoms with Crippen LogP contribution in [0, 0.1) is 6.92 Å². The quantitative estimate of drug-likeness (QED) is 0.528. The van der Waals surface area contributed by atoms with E-state index in [1.807, 2.05) is 13.8 Å². The molecule has 1 heterocycles. The van der Waals surface area contributed by atoms with E-state index in [0.717, 1.165) is 31.4 Å². The maximum Gasteiger partial charge on any atom is 0.308 e. The topological polar surface area (TPSA) is 61.6 Å². The third kappa shape index (κ3) is 4.77. The van der Waals surface area contributed by atoms with Gasteiger partial charge < -0.3 is 13.9 Å². The summed E-state index contributed by atoms with van der Waals surface area (Å²) in [7, 11) is 1.41. The standard InChI is InChI=1S/C13H21NO4/c1-4-17-13-10(2)14-11(18-13)8-6-5-7-9-12(15)16-3/h4-9H2,1-3H3. The molecule has 5 nitrogen and oxygen atoms in total. The molecule has 5 heteroatoms. The largest absolute Gasteiger partial charge is 0.469 e. The van der Waals surface area contributed by atoms with Crippen LogP contribution < -0.4 is 4.74 Å². The van der Waals surface area contributed by atoms with Crippen LogP contribution >= 0.6 is 0 Å². The lowest BCUT2D eigenvalue weighted by atomic mass is 10.1. The lowest BCUT2D eigenvalue weighted by Gasteiger charge is -1.99. The highest BCUT2D eigenvalue weighted by atomic mass is 16.6. The Labute approximate surface area is 107 Å². The molecular formula is C13H21NO4. The molecule has 0 aliphatic carbocycles. The van der Waals surface area contributed by atoms with Gasteiger partial charge in [-0.1, -0.05) is 6.42 Å². The van der Waals surface area contributed by atoms with Crippen LogP contribution in [0.3, 0.4) is 0 Å². The van der Waals surface area contributed by atoms with Crippen LogP contribution in [0.1, 0.15) is 44.2 Å². The summed E-state index contributed by atoms with van der Waals surface area (Å²) in [5.41, 5.74) is 0.793. The molecule has 0 saturated carbocycles. The Kier molecular flexibility index (Phi) is 6.25. The van der Waals surface area contributed by atoms with Crippen molar-refractivity contribution in [1.82, 2.24) is 4.98 Å². The summed E-state index contributed by atoms with van der Waals surface area (Å²) in [5.74, 6) is 1.07. The molecule has 0 bridgehead atoms. The van der Waals surface area contributed by atoms with Crippen LogP contribution in [0.5, 0.6) is 5.95 Å². The van der Waals surface area contributed by atoms with E-state index in [1.165, 1.54) is 7.11 Å². The molecule has 0 aliphatic rings. The van der Waals surface area contributed by atoms with E-state index in [1.54, 1.807) is 0 Å². The second-order valence-corrected chi connectivity index (χ2v) is 4.05. The highest BCUT2D eigenvalue weighted by Crippen LogP contribution is 2.20. The summed E-state index contributed by atoms with van der Waals surface area (Å²) in [4.78, 5) is 15.2. The van der Waals surface area contributed by atoms with Gasteiger partial charge >= 0.3 is 11.9 Å². The summed E-state index contributed by atoms with van der Waals surface area (Å²) >= 11 is 0. The molecule has 0 atom stereocenters. The van der Waals surface area contributed by atoms with Crippen molar-refractivity contribution in [2.75, 3.05) is 13.7 Å². The fraction of sp³-hybridized carbons (Fsp3) is 0.692. The highest BCUT2D eigenvalue weighted by Gasteiger charge is 2.09. The first kappa shape index (κ1) is 14.5. The van der Waals surface area contributed by atoms with Gasteiger partial charge in [0, 0.05) is 12.8 Å². The summed E-state index contributed by atoms with van der Waals surface area (Å²) in [5, 5.41) is 0. The molecule has 0 unspecified atom stereocenters. The Bertz CT molecular complexity index is 373. The molecule has 1 aromatic heterocycles. The molecule has 0 saturated heterocycles. The van der Waals surface area contributed by atoms with Gasteiger partial charge in [0.15, 0.2) is 5.89 Å². The van der Waals surface area contributed by atoms with Crippen LogP contribution in [-0.4, -0.2) is 24.7 Å². The van der Waals surface area contributed by atoms with Crippen molar-refractivity contribution in [1.29, 1.82) is 0 Å². The van der Waals surface area contributed by atoms with E-state index in [9.17, 15) is 4.79 Å². The smallest absolute Gasteiger partial charge is 0.308 e. The number of unbranched alkanes of at least 4 members (excludes halogenated alkanes) is 2. The fourth-order valence-electron chi connectivity index (χ4n) is 1.63. The molecule has 0 aliphatic heterocycles.